The number of hydrogen-bond donors (Lipinski definition) is 3. The lowest BCUT2D eigenvalue weighted by Crippen LogP contribution is -2.38. The van der Waals surface area contributed by atoms with Gasteiger partial charge in [-0.2, -0.15) is 0 Å². The zero-order valence-corrected chi connectivity index (χ0v) is 18.7. The van der Waals surface area contributed by atoms with E-state index in [0.29, 0.717) is 35.8 Å². The van der Waals surface area contributed by atoms with E-state index in [9.17, 15) is 13.8 Å². The number of pyridine rings is 2. The molecule has 0 amide bonds. The van der Waals surface area contributed by atoms with E-state index in [2.05, 4.69) is 20.0 Å². The number of nitrogens with zero attached hydrogens (tertiary/aromatic N) is 3. The maximum Gasteiger partial charge on any atom is 0.285 e. The highest BCUT2D eigenvalue weighted by atomic mass is 31.2. The Morgan fingerprint density at radius 3 is 2.68 bits per heavy atom. The van der Waals surface area contributed by atoms with Crippen LogP contribution in [0.2, 0.25) is 0 Å². The lowest BCUT2D eigenvalue weighted by molar-refractivity contribution is -0.712. The molecule has 4 aromatic rings. The van der Waals surface area contributed by atoms with Crippen LogP contribution in [0.1, 0.15) is 16.8 Å². The van der Waals surface area contributed by atoms with Gasteiger partial charge in [0.05, 0.1) is 11.9 Å². The fraction of sp³-hybridized carbons (Fsp3) is 0.136. The van der Waals surface area contributed by atoms with Crippen molar-refractivity contribution in [3.05, 3.63) is 89.6 Å². The fourth-order valence-electron chi connectivity index (χ4n) is 3.18. The molecule has 176 valence electrons. The lowest BCUT2D eigenvalue weighted by Gasteiger charge is -2.14. The van der Waals surface area contributed by atoms with E-state index in [1.165, 1.54) is 22.9 Å². The molecular formula is C22H21FN5O5P. The summed E-state index contributed by atoms with van der Waals surface area (Å²) in [5.74, 6) is 0.977. The van der Waals surface area contributed by atoms with Crippen LogP contribution in [-0.2, 0) is 28.8 Å². The first-order chi connectivity index (χ1) is 16.3. The van der Waals surface area contributed by atoms with Crippen LogP contribution in [0.4, 0.5) is 16.0 Å². The molecule has 0 aliphatic heterocycles. The van der Waals surface area contributed by atoms with Crippen molar-refractivity contribution in [2.24, 2.45) is 0 Å². The Labute approximate surface area is 194 Å². The van der Waals surface area contributed by atoms with Crippen LogP contribution in [0, 0.1) is 5.82 Å². The van der Waals surface area contributed by atoms with Crippen molar-refractivity contribution in [3.63, 3.8) is 0 Å². The molecule has 0 aliphatic carbocycles. The standard InChI is InChI=1S/C22H21FN5O5P/c23-17-6-3-15(4-7-17)12-25-21-8-5-16(13-26-21)10-18-11-20(33-27-18)19-2-1-9-28(22(19)24)14-32-34(29,30)31/h1-9,11,13,24H,10,12,14H2,(H3,25,26,29,30,31). The second kappa shape index (κ2) is 10.1. The third kappa shape index (κ3) is 6.24. The van der Waals surface area contributed by atoms with E-state index in [-0.39, 0.29) is 11.6 Å². The molecule has 0 fully saturated rings. The smallest absolute Gasteiger partial charge is 0.285 e. The van der Waals surface area contributed by atoms with Gasteiger partial charge in [-0.25, -0.2) is 13.9 Å². The van der Waals surface area contributed by atoms with E-state index in [1.54, 1.807) is 36.5 Å². The predicted molar refractivity (Wildman–Crippen MR) is 118 cm³/mol. The van der Waals surface area contributed by atoms with Crippen LogP contribution >= 0.6 is 7.82 Å². The van der Waals surface area contributed by atoms with Crippen molar-refractivity contribution in [1.29, 1.82) is 0 Å². The number of anilines is 2. The molecule has 3 aromatic heterocycles. The van der Waals surface area contributed by atoms with Gasteiger partial charge in [-0.15, -0.1) is 0 Å². The van der Waals surface area contributed by atoms with Gasteiger partial charge in [0.1, 0.15) is 17.2 Å². The molecular weight excluding hydrogens is 464 g/mol. The number of rotatable bonds is 9. The van der Waals surface area contributed by atoms with Crippen molar-refractivity contribution in [1.82, 2.24) is 10.1 Å². The molecule has 4 N–H and O–H groups in total. The summed E-state index contributed by atoms with van der Waals surface area (Å²) in [6.45, 7) is 0.0403. The molecule has 12 heteroatoms. The third-order valence-electron chi connectivity index (χ3n) is 4.90. The molecule has 1 aromatic carbocycles. The Hall–Kier alpha value is -3.63. The molecule has 0 saturated carbocycles. The molecule has 0 spiro atoms. The van der Waals surface area contributed by atoms with Crippen molar-refractivity contribution >= 4 is 19.5 Å². The quantitative estimate of drug-likeness (QED) is 0.240. The van der Waals surface area contributed by atoms with E-state index < -0.39 is 14.6 Å². The van der Waals surface area contributed by atoms with Crippen LogP contribution in [0.3, 0.4) is 0 Å². The summed E-state index contributed by atoms with van der Waals surface area (Å²) >= 11 is 0. The van der Waals surface area contributed by atoms with E-state index in [4.69, 9.17) is 15.2 Å². The number of nitrogen functional groups attached to an aromatic ring is 1. The average Bonchev–Trinajstić information content (AvgIpc) is 3.26. The summed E-state index contributed by atoms with van der Waals surface area (Å²) in [4.78, 5) is 24.0. The number of nitrogens with two attached hydrogens (primary N) is 1. The van der Waals surface area contributed by atoms with Gasteiger partial charge in [-0.1, -0.05) is 23.4 Å². The molecule has 0 aliphatic rings. The van der Waals surface area contributed by atoms with Gasteiger partial charge in [0, 0.05) is 25.2 Å². The second-order valence-electron chi connectivity index (χ2n) is 7.39. The van der Waals surface area contributed by atoms with Gasteiger partial charge in [-0.3, -0.25) is 14.8 Å². The van der Waals surface area contributed by atoms with Crippen molar-refractivity contribution in [3.8, 4) is 11.3 Å². The number of benzene rings is 1. The molecule has 0 radical (unpaired) electrons. The van der Waals surface area contributed by atoms with Crippen LogP contribution < -0.4 is 20.5 Å². The monoisotopic (exact) mass is 485 g/mol. The summed E-state index contributed by atoms with van der Waals surface area (Å²) < 4.78 is 34.9. The minimum atomic E-state index is -4.88. The highest BCUT2D eigenvalue weighted by molar-refractivity contribution is 7.44. The van der Waals surface area contributed by atoms with Gasteiger partial charge < -0.3 is 19.6 Å². The van der Waals surface area contributed by atoms with Gasteiger partial charge in [0.15, 0.2) is 12.5 Å². The number of phosphoric acid groups is 1. The van der Waals surface area contributed by atoms with Gasteiger partial charge in [0.25, 0.3) is 13.6 Å². The van der Waals surface area contributed by atoms with Gasteiger partial charge in [0.2, 0.25) is 0 Å². The van der Waals surface area contributed by atoms with E-state index in [1.807, 2.05) is 12.1 Å². The maximum absolute atomic E-state index is 13.0. The number of aromatic nitrogens is 3. The molecule has 1 atom stereocenters. The van der Waals surface area contributed by atoms with Crippen LogP contribution in [-0.4, -0.2) is 15.0 Å². The Morgan fingerprint density at radius 2 is 1.97 bits per heavy atom. The molecule has 10 nitrogen and oxygen atoms in total. The minimum absolute atomic E-state index is 0.178. The first kappa shape index (κ1) is 23.5. The molecule has 1 unspecified atom stereocenters. The topological polar surface area (TPSA) is 150 Å². The summed E-state index contributed by atoms with van der Waals surface area (Å²) in [5.41, 5.74) is 9.07. The SMILES string of the molecule is Nc1c(-c2cc(Cc3ccc(NCc4ccc(F)cc4)nc3)no2)ccc[n+]1COP(=O)([O-])O. The average molecular weight is 485 g/mol. The number of phosphoric ester groups is 1. The molecule has 4 rings (SSSR count). The highest BCUT2D eigenvalue weighted by Gasteiger charge is 2.18. The molecule has 3 heterocycles. The second-order valence-corrected chi connectivity index (χ2v) is 8.59. The zero-order valence-electron chi connectivity index (χ0n) is 17.8. The Balaban J connectivity index is 1.39. The maximum atomic E-state index is 13.0. The van der Waals surface area contributed by atoms with Crippen molar-refractivity contribution < 1.29 is 32.4 Å². The van der Waals surface area contributed by atoms with E-state index in [0.717, 1.165) is 11.1 Å². The van der Waals surface area contributed by atoms with Crippen LogP contribution in [0.5, 0.6) is 0 Å². The highest BCUT2D eigenvalue weighted by Crippen LogP contribution is 2.30. The Bertz CT molecular complexity index is 1310. The number of hydrogen-bond acceptors (Lipinski definition) is 8. The summed E-state index contributed by atoms with van der Waals surface area (Å²) in [5, 5.41) is 7.25. The number of nitrogens with one attached hydrogen (secondary N) is 1. The van der Waals surface area contributed by atoms with Crippen LogP contribution in [0.25, 0.3) is 11.3 Å². The lowest BCUT2D eigenvalue weighted by atomic mass is 10.1. The predicted octanol–water partition coefficient (Wildman–Crippen LogP) is 2.38. The first-order valence-corrected chi connectivity index (χ1v) is 11.6. The van der Waals surface area contributed by atoms with Crippen molar-refractivity contribution in [2.75, 3.05) is 11.1 Å². The Morgan fingerprint density at radius 1 is 1.21 bits per heavy atom. The molecule has 0 bridgehead atoms. The van der Waals surface area contributed by atoms with Gasteiger partial charge >= 0.3 is 0 Å². The normalized spacial score (nSPS) is 12.9. The minimum Gasteiger partial charge on any atom is -0.756 e. The fourth-order valence-corrected chi connectivity index (χ4v) is 3.45. The summed E-state index contributed by atoms with van der Waals surface area (Å²) in [6, 6.07) is 15.0. The largest absolute Gasteiger partial charge is 0.756 e. The van der Waals surface area contributed by atoms with E-state index >= 15 is 0 Å². The summed E-state index contributed by atoms with van der Waals surface area (Å²) in [7, 11) is -4.88. The number of halogens is 1. The zero-order chi connectivity index (χ0) is 24.1. The summed E-state index contributed by atoms with van der Waals surface area (Å²) in [6.07, 6.45) is 3.69. The van der Waals surface area contributed by atoms with Crippen molar-refractivity contribution in [2.45, 2.75) is 19.7 Å². The van der Waals surface area contributed by atoms with Crippen LogP contribution in [0.15, 0.2) is 71.5 Å². The first-order valence-electron chi connectivity index (χ1n) is 10.1. The molecule has 34 heavy (non-hydrogen) atoms. The Kier molecular flexibility index (Phi) is 6.99. The van der Waals surface area contributed by atoms with Gasteiger partial charge in [-0.05, 0) is 41.5 Å². The molecule has 0 saturated heterocycles. The third-order valence-corrected chi connectivity index (χ3v) is 5.34.